The Kier molecular flexibility index (Phi) is 3.06. The van der Waals surface area contributed by atoms with Crippen molar-refractivity contribution in [2.45, 2.75) is 12.2 Å². The lowest BCUT2D eigenvalue weighted by atomic mass is 10.1. The van der Waals surface area contributed by atoms with Gasteiger partial charge in [0, 0.05) is 5.56 Å². The number of para-hydroxylation sites is 1. The lowest BCUT2D eigenvalue weighted by molar-refractivity contribution is -0.149. The summed E-state index contributed by atoms with van der Waals surface area (Å²) in [6.45, 7) is 0. The molecule has 14 heavy (non-hydrogen) atoms. The first-order chi connectivity index (χ1) is 6.34. The molecule has 2 nitrogen and oxygen atoms in total. The predicted molar refractivity (Wildman–Crippen MR) is 48.8 cm³/mol. The van der Waals surface area contributed by atoms with Gasteiger partial charge < -0.3 is 10.8 Å². The van der Waals surface area contributed by atoms with Crippen LogP contribution in [0, 0.1) is 0 Å². The molecule has 1 aromatic rings. The Bertz CT molecular complexity index is 340. The second-order valence-corrected chi connectivity index (χ2v) is 3.55. The van der Waals surface area contributed by atoms with E-state index in [0.717, 1.165) is 6.07 Å². The quantitative estimate of drug-likeness (QED) is 0.824. The number of alkyl halides is 3. The van der Waals surface area contributed by atoms with Gasteiger partial charge in [0.25, 0.3) is 0 Å². The van der Waals surface area contributed by atoms with Crippen LogP contribution in [0.3, 0.4) is 0 Å². The minimum Gasteiger partial charge on any atom is -0.506 e. The molecule has 1 aromatic carbocycles. The maximum atomic E-state index is 12.2. The fourth-order valence-electron chi connectivity index (χ4n) is 0.959. The highest BCUT2D eigenvalue weighted by molar-refractivity contribution is 9.10. The summed E-state index contributed by atoms with van der Waals surface area (Å²) in [7, 11) is 0. The van der Waals surface area contributed by atoms with E-state index >= 15 is 0 Å². The number of nitrogens with two attached hydrogens (primary N) is 1. The molecular formula is C8H7BrF3NO. The first-order valence-electron chi connectivity index (χ1n) is 3.63. The lowest BCUT2D eigenvalue weighted by Crippen LogP contribution is -2.28. The van der Waals surface area contributed by atoms with Gasteiger partial charge in [0.2, 0.25) is 0 Å². The van der Waals surface area contributed by atoms with Crippen LogP contribution in [0.1, 0.15) is 11.6 Å². The van der Waals surface area contributed by atoms with Crippen molar-refractivity contribution in [1.29, 1.82) is 0 Å². The van der Waals surface area contributed by atoms with E-state index in [0.29, 0.717) is 0 Å². The largest absolute Gasteiger partial charge is 0.506 e. The maximum Gasteiger partial charge on any atom is 0.407 e. The number of benzene rings is 1. The fraction of sp³-hybridized carbons (Fsp3) is 0.250. The number of halogens is 4. The zero-order valence-corrected chi connectivity index (χ0v) is 8.43. The summed E-state index contributed by atoms with van der Waals surface area (Å²) in [4.78, 5) is 0. The standard InChI is InChI=1S/C8H7BrF3NO/c9-5-3-1-2-4(6(5)14)7(13)8(10,11)12/h1-3,7,14H,13H2/t7-/m0/s1. The molecule has 0 aliphatic carbocycles. The molecule has 0 radical (unpaired) electrons. The number of hydrogen-bond donors (Lipinski definition) is 2. The van der Waals surface area contributed by atoms with Gasteiger partial charge in [-0.2, -0.15) is 13.2 Å². The van der Waals surface area contributed by atoms with Crippen molar-refractivity contribution < 1.29 is 18.3 Å². The van der Waals surface area contributed by atoms with Crippen molar-refractivity contribution in [2.24, 2.45) is 5.73 Å². The second-order valence-electron chi connectivity index (χ2n) is 2.70. The van der Waals surface area contributed by atoms with Gasteiger partial charge >= 0.3 is 6.18 Å². The average molecular weight is 270 g/mol. The van der Waals surface area contributed by atoms with Crippen molar-refractivity contribution in [2.75, 3.05) is 0 Å². The Balaban J connectivity index is 3.14. The predicted octanol–water partition coefficient (Wildman–Crippen LogP) is 2.72. The Morgan fingerprint density at radius 1 is 1.36 bits per heavy atom. The summed E-state index contributed by atoms with van der Waals surface area (Å²) >= 11 is 2.91. The molecule has 0 amide bonds. The van der Waals surface area contributed by atoms with Gasteiger partial charge in [0.1, 0.15) is 11.8 Å². The second kappa shape index (κ2) is 3.78. The van der Waals surface area contributed by atoms with Crippen LogP contribution < -0.4 is 5.73 Å². The zero-order valence-electron chi connectivity index (χ0n) is 6.85. The van der Waals surface area contributed by atoms with E-state index < -0.39 is 18.0 Å². The Labute approximate surface area is 86.7 Å². The van der Waals surface area contributed by atoms with Gasteiger partial charge in [-0.05, 0) is 22.0 Å². The van der Waals surface area contributed by atoms with Crippen LogP contribution in [0.15, 0.2) is 22.7 Å². The molecule has 3 N–H and O–H groups in total. The van der Waals surface area contributed by atoms with Gasteiger partial charge in [-0.3, -0.25) is 0 Å². The van der Waals surface area contributed by atoms with Gasteiger partial charge in [-0.15, -0.1) is 0 Å². The Morgan fingerprint density at radius 3 is 2.43 bits per heavy atom. The molecule has 0 aromatic heterocycles. The van der Waals surface area contributed by atoms with Crippen LogP contribution in [0.4, 0.5) is 13.2 Å². The van der Waals surface area contributed by atoms with E-state index in [1.165, 1.54) is 12.1 Å². The molecule has 0 saturated heterocycles. The summed E-state index contributed by atoms with van der Waals surface area (Å²) in [5, 5.41) is 9.30. The van der Waals surface area contributed by atoms with Gasteiger partial charge in [-0.1, -0.05) is 12.1 Å². The highest BCUT2D eigenvalue weighted by atomic mass is 79.9. The van der Waals surface area contributed by atoms with Crippen molar-refractivity contribution in [1.82, 2.24) is 0 Å². The smallest absolute Gasteiger partial charge is 0.407 e. The van der Waals surface area contributed by atoms with Crippen molar-refractivity contribution in [3.8, 4) is 5.75 Å². The molecule has 0 aliphatic rings. The number of hydrogen-bond acceptors (Lipinski definition) is 2. The SMILES string of the molecule is N[C@@H](c1cccc(Br)c1O)C(F)(F)F. The third kappa shape index (κ3) is 2.19. The van der Waals surface area contributed by atoms with Gasteiger partial charge in [-0.25, -0.2) is 0 Å². The van der Waals surface area contributed by atoms with E-state index in [1.807, 2.05) is 0 Å². The molecule has 0 fully saturated rings. The number of phenolic OH excluding ortho intramolecular Hbond substituents is 1. The maximum absolute atomic E-state index is 12.2. The number of rotatable bonds is 1. The molecule has 0 saturated carbocycles. The van der Waals surface area contributed by atoms with Crippen LogP contribution in [0.5, 0.6) is 5.75 Å². The molecule has 1 rings (SSSR count). The van der Waals surface area contributed by atoms with E-state index in [-0.39, 0.29) is 10.0 Å². The number of phenols is 1. The molecule has 0 unspecified atom stereocenters. The summed E-state index contributed by atoms with van der Waals surface area (Å²) in [5.74, 6) is -0.475. The zero-order chi connectivity index (χ0) is 10.9. The molecule has 78 valence electrons. The van der Waals surface area contributed by atoms with Gasteiger partial charge in [0.15, 0.2) is 0 Å². The normalized spacial score (nSPS) is 14.1. The minimum atomic E-state index is -4.56. The third-order valence-corrected chi connectivity index (χ3v) is 2.35. The highest BCUT2D eigenvalue weighted by Gasteiger charge is 2.39. The average Bonchev–Trinajstić information content (AvgIpc) is 2.07. The summed E-state index contributed by atoms with van der Waals surface area (Å²) in [6, 6.07) is 1.78. The first-order valence-corrected chi connectivity index (χ1v) is 4.43. The fourth-order valence-corrected chi connectivity index (χ4v) is 1.34. The minimum absolute atomic E-state index is 0.190. The van der Waals surface area contributed by atoms with E-state index in [9.17, 15) is 18.3 Å². The third-order valence-electron chi connectivity index (χ3n) is 1.71. The van der Waals surface area contributed by atoms with Crippen LogP contribution >= 0.6 is 15.9 Å². The van der Waals surface area contributed by atoms with Gasteiger partial charge in [0.05, 0.1) is 4.47 Å². The molecule has 0 aliphatic heterocycles. The lowest BCUT2D eigenvalue weighted by Gasteiger charge is -2.17. The van der Waals surface area contributed by atoms with Crippen LogP contribution in [-0.2, 0) is 0 Å². The molecule has 0 bridgehead atoms. The monoisotopic (exact) mass is 269 g/mol. The van der Waals surface area contributed by atoms with Crippen molar-refractivity contribution in [3.05, 3.63) is 28.2 Å². The Hall–Kier alpha value is -0.750. The summed E-state index contributed by atoms with van der Waals surface area (Å²) < 4.78 is 36.8. The van der Waals surface area contributed by atoms with Crippen molar-refractivity contribution in [3.63, 3.8) is 0 Å². The van der Waals surface area contributed by atoms with E-state index in [4.69, 9.17) is 5.73 Å². The molecule has 0 heterocycles. The molecule has 6 heteroatoms. The summed E-state index contributed by atoms with van der Waals surface area (Å²) in [5.41, 5.74) is 4.60. The highest BCUT2D eigenvalue weighted by Crippen LogP contribution is 2.37. The van der Waals surface area contributed by atoms with Crippen LogP contribution in [-0.4, -0.2) is 11.3 Å². The van der Waals surface area contributed by atoms with Crippen LogP contribution in [0.2, 0.25) is 0 Å². The van der Waals surface area contributed by atoms with E-state index in [1.54, 1.807) is 0 Å². The van der Waals surface area contributed by atoms with E-state index in [2.05, 4.69) is 15.9 Å². The van der Waals surface area contributed by atoms with Crippen LogP contribution in [0.25, 0.3) is 0 Å². The molecule has 1 atom stereocenters. The summed E-state index contributed by atoms with van der Waals surface area (Å²) in [6.07, 6.45) is -4.56. The number of aromatic hydroxyl groups is 1. The first kappa shape index (κ1) is 11.3. The molecule has 0 spiro atoms. The Morgan fingerprint density at radius 2 is 1.93 bits per heavy atom. The topological polar surface area (TPSA) is 46.2 Å². The molecular weight excluding hydrogens is 263 g/mol. The van der Waals surface area contributed by atoms with Crippen molar-refractivity contribution >= 4 is 15.9 Å².